The number of nitrogens with zero attached hydrogens (tertiary/aromatic N) is 2. The maximum atomic E-state index is 11.9. The van der Waals surface area contributed by atoms with Gasteiger partial charge in [0.15, 0.2) is 5.82 Å². The van der Waals surface area contributed by atoms with Crippen molar-refractivity contribution in [1.29, 1.82) is 0 Å². The lowest BCUT2D eigenvalue weighted by molar-refractivity contribution is -0.115. The highest BCUT2D eigenvalue weighted by molar-refractivity contribution is 6.31. The van der Waals surface area contributed by atoms with Crippen LogP contribution >= 0.6 is 11.6 Å². The van der Waals surface area contributed by atoms with Crippen LogP contribution in [0.3, 0.4) is 0 Å². The van der Waals surface area contributed by atoms with Crippen LogP contribution in [0.5, 0.6) is 0 Å². The lowest BCUT2D eigenvalue weighted by Crippen LogP contribution is -2.17. The van der Waals surface area contributed by atoms with Gasteiger partial charge in [0, 0.05) is 12.1 Å². The summed E-state index contributed by atoms with van der Waals surface area (Å²) in [5.74, 6) is 0.311. The molecule has 18 heavy (non-hydrogen) atoms. The Morgan fingerprint density at radius 1 is 1.50 bits per heavy atom. The zero-order valence-electron chi connectivity index (χ0n) is 9.85. The molecule has 1 heterocycles. The van der Waals surface area contributed by atoms with Crippen molar-refractivity contribution in [3.8, 4) is 0 Å². The third-order valence-electron chi connectivity index (χ3n) is 2.53. The first-order valence-electron chi connectivity index (χ1n) is 5.38. The van der Waals surface area contributed by atoms with Crippen LogP contribution in [0.25, 0.3) is 0 Å². The van der Waals surface area contributed by atoms with E-state index in [0.29, 0.717) is 16.5 Å². The molecule has 0 aliphatic carbocycles. The number of aromatic nitrogens is 2. The zero-order chi connectivity index (χ0) is 13.1. The summed E-state index contributed by atoms with van der Waals surface area (Å²) in [6.45, 7) is 0. The highest BCUT2D eigenvalue weighted by Crippen LogP contribution is 2.18. The molecule has 6 heteroatoms. The Balaban J connectivity index is 2.08. The second-order valence-corrected chi connectivity index (χ2v) is 4.30. The highest BCUT2D eigenvalue weighted by Gasteiger charge is 2.11. The molecule has 0 saturated heterocycles. The monoisotopic (exact) mass is 264 g/mol. The Labute approximate surface area is 110 Å². The Hall–Kier alpha value is -2.01. The molecule has 0 saturated carbocycles. The van der Waals surface area contributed by atoms with Gasteiger partial charge in [-0.1, -0.05) is 29.8 Å². The van der Waals surface area contributed by atoms with Crippen molar-refractivity contribution in [2.75, 3.05) is 11.1 Å². The quantitative estimate of drug-likeness (QED) is 0.888. The van der Waals surface area contributed by atoms with Gasteiger partial charge in [-0.05, 0) is 11.6 Å². The fourth-order valence-electron chi connectivity index (χ4n) is 1.60. The van der Waals surface area contributed by atoms with Gasteiger partial charge in [0.25, 0.3) is 0 Å². The third kappa shape index (κ3) is 2.62. The molecule has 0 aliphatic heterocycles. The Bertz CT molecular complexity index is 560. The molecular weight excluding hydrogens is 252 g/mol. The van der Waals surface area contributed by atoms with Gasteiger partial charge < -0.3 is 11.1 Å². The summed E-state index contributed by atoms with van der Waals surface area (Å²) in [7, 11) is 1.71. The molecule has 1 aromatic heterocycles. The number of aryl methyl sites for hydroxylation is 1. The largest absolute Gasteiger partial charge is 0.394 e. The van der Waals surface area contributed by atoms with E-state index in [-0.39, 0.29) is 12.3 Å². The van der Waals surface area contributed by atoms with E-state index in [0.717, 1.165) is 5.56 Å². The molecule has 2 rings (SSSR count). The predicted molar refractivity (Wildman–Crippen MR) is 71.4 cm³/mol. The number of hydrogen-bond donors (Lipinski definition) is 2. The fraction of sp³-hybridized carbons (Fsp3) is 0.167. The average Bonchev–Trinajstić information content (AvgIpc) is 2.64. The van der Waals surface area contributed by atoms with Gasteiger partial charge >= 0.3 is 0 Å². The molecule has 0 atom stereocenters. The zero-order valence-corrected chi connectivity index (χ0v) is 10.6. The number of amides is 1. The van der Waals surface area contributed by atoms with Crippen LogP contribution in [-0.2, 0) is 18.3 Å². The minimum Gasteiger partial charge on any atom is -0.394 e. The van der Waals surface area contributed by atoms with Crippen molar-refractivity contribution in [3.05, 3.63) is 41.0 Å². The number of anilines is 2. The van der Waals surface area contributed by atoms with E-state index in [1.807, 2.05) is 18.2 Å². The highest BCUT2D eigenvalue weighted by atomic mass is 35.5. The normalized spacial score (nSPS) is 10.3. The molecule has 0 bridgehead atoms. The van der Waals surface area contributed by atoms with E-state index >= 15 is 0 Å². The number of nitrogen functional groups attached to an aromatic ring is 1. The minimum atomic E-state index is -0.182. The molecule has 0 unspecified atom stereocenters. The van der Waals surface area contributed by atoms with E-state index < -0.39 is 0 Å². The van der Waals surface area contributed by atoms with Crippen LogP contribution in [0.1, 0.15) is 5.56 Å². The standard InChI is InChI=1S/C12H13ClN4O/c1-17-12(10(14)7-15-17)16-11(18)6-8-4-2-3-5-9(8)13/h2-5,7H,6,14H2,1H3,(H,16,18). The predicted octanol–water partition coefficient (Wildman–Crippen LogP) is 1.84. The van der Waals surface area contributed by atoms with Crippen molar-refractivity contribution in [2.24, 2.45) is 7.05 Å². The summed E-state index contributed by atoms with van der Waals surface area (Å²) >= 11 is 5.99. The molecular formula is C12H13ClN4O. The van der Waals surface area contributed by atoms with Crippen LogP contribution in [0.2, 0.25) is 5.02 Å². The first-order chi connectivity index (χ1) is 8.58. The second kappa shape index (κ2) is 5.10. The Morgan fingerprint density at radius 2 is 2.22 bits per heavy atom. The Morgan fingerprint density at radius 3 is 2.83 bits per heavy atom. The second-order valence-electron chi connectivity index (χ2n) is 3.89. The summed E-state index contributed by atoms with van der Waals surface area (Å²) in [6.07, 6.45) is 1.69. The fourth-order valence-corrected chi connectivity index (χ4v) is 1.80. The summed E-state index contributed by atoms with van der Waals surface area (Å²) in [5.41, 5.74) is 6.90. The summed E-state index contributed by atoms with van der Waals surface area (Å²) in [5, 5.41) is 7.23. The first kappa shape index (κ1) is 12.4. The van der Waals surface area contributed by atoms with Gasteiger partial charge in [0.1, 0.15) is 0 Å². The van der Waals surface area contributed by atoms with Gasteiger partial charge in [-0.15, -0.1) is 0 Å². The van der Waals surface area contributed by atoms with Crippen molar-refractivity contribution in [1.82, 2.24) is 9.78 Å². The molecule has 3 N–H and O–H groups in total. The third-order valence-corrected chi connectivity index (χ3v) is 2.90. The number of nitrogens with one attached hydrogen (secondary N) is 1. The number of nitrogens with two attached hydrogens (primary N) is 1. The van der Waals surface area contributed by atoms with E-state index in [4.69, 9.17) is 17.3 Å². The topological polar surface area (TPSA) is 72.9 Å². The number of benzene rings is 1. The van der Waals surface area contributed by atoms with E-state index in [2.05, 4.69) is 10.4 Å². The maximum absolute atomic E-state index is 11.9. The molecule has 2 aromatic rings. The van der Waals surface area contributed by atoms with Crippen molar-refractivity contribution in [3.63, 3.8) is 0 Å². The summed E-state index contributed by atoms with van der Waals surface area (Å²) in [6, 6.07) is 7.23. The number of carbonyl (C=O) groups is 1. The molecule has 94 valence electrons. The number of halogens is 1. The van der Waals surface area contributed by atoms with Gasteiger partial charge in [-0.25, -0.2) is 0 Å². The van der Waals surface area contributed by atoms with Crippen LogP contribution in [0, 0.1) is 0 Å². The molecule has 1 aromatic carbocycles. The minimum absolute atomic E-state index is 0.182. The number of carbonyl (C=O) groups excluding carboxylic acids is 1. The molecule has 1 amide bonds. The lowest BCUT2D eigenvalue weighted by atomic mass is 10.1. The van der Waals surface area contributed by atoms with Gasteiger partial charge in [-0.2, -0.15) is 5.10 Å². The van der Waals surface area contributed by atoms with Crippen molar-refractivity contribution in [2.45, 2.75) is 6.42 Å². The van der Waals surface area contributed by atoms with Gasteiger partial charge in [0.05, 0.1) is 18.3 Å². The van der Waals surface area contributed by atoms with E-state index in [9.17, 15) is 4.79 Å². The first-order valence-corrected chi connectivity index (χ1v) is 5.76. The maximum Gasteiger partial charge on any atom is 0.230 e. The van der Waals surface area contributed by atoms with Crippen molar-refractivity contribution < 1.29 is 4.79 Å². The molecule has 0 radical (unpaired) electrons. The average molecular weight is 265 g/mol. The van der Waals surface area contributed by atoms with Gasteiger partial charge in [0.2, 0.25) is 5.91 Å². The molecule has 0 fully saturated rings. The summed E-state index contributed by atoms with van der Waals surface area (Å²) < 4.78 is 1.51. The van der Waals surface area contributed by atoms with Crippen LogP contribution < -0.4 is 11.1 Å². The Kier molecular flexibility index (Phi) is 3.53. The molecule has 0 aliphatic rings. The number of hydrogen-bond acceptors (Lipinski definition) is 3. The SMILES string of the molecule is Cn1ncc(N)c1NC(=O)Cc1ccccc1Cl. The van der Waals surface area contributed by atoms with Crippen LogP contribution in [-0.4, -0.2) is 15.7 Å². The molecule has 0 spiro atoms. The number of rotatable bonds is 3. The van der Waals surface area contributed by atoms with Crippen LogP contribution in [0.4, 0.5) is 11.5 Å². The smallest absolute Gasteiger partial charge is 0.230 e. The molecule has 5 nitrogen and oxygen atoms in total. The lowest BCUT2D eigenvalue weighted by Gasteiger charge is -2.07. The van der Waals surface area contributed by atoms with Crippen molar-refractivity contribution >= 4 is 29.0 Å². The summed E-state index contributed by atoms with van der Waals surface area (Å²) in [4.78, 5) is 11.9. The van der Waals surface area contributed by atoms with E-state index in [1.54, 1.807) is 13.1 Å². The van der Waals surface area contributed by atoms with Gasteiger partial charge in [-0.3, -0.25) is 9.48 Å². The van der Waals surface area contributed by atoms with Crippen LogP contribution in [0.15, 0.2) is 30.5 Å². The van der Waals surface area contributed by atoms with E-state index in [1.165, 1.54) is 10.9 Å².